The van der Waals surface area contributed by atoms with E-state index >= 15 is 0 Å². The lowest BCUT2D eigenvalue weighted by molar-refractivity contribution is 0.127. The van der Waals surface area contributed by atoms with E-state index in [0.29, 0.717) is 0 Å². The van der Waals surface area contributed by atoms with Gasteiger partial charge in [0, 0.05) is 23.0 Å². The average molecular weight is 257 g/mol. The van der Waals surface area contributed by atoms with Crippen molar-refractivity contribution in [3.63, 3.8) is 0 Å². The summed E-state index contributed by atoms with van der Waals surface area (Å²) in [6.45, 7) is 5.33. The number of rotatable bonds is 6. The Morgan fingerprint density at radius 2 is 1.68 bits per heavy atom. The van der Waals surface area contributed by atoms with E-state index in [4.69, 9.17) is 0 Å². The summed E-state index contributed by atoms with van der Waals surface area (Å²) in [5.41, 5.74) is 1.13. The summed E-state index contributed by atoms with van der Waals surface area (Å²) in [6, 6.07) is 14.7. The van der Waals surface area contributed by atoms with E-state index in [0.717, 1.165) is 25.1 Å². The number of anilines is 1. The second-order valence-electron chi connectivity index (χ2n) is 5.25. The topological polar surface area (TPSA) is 32.3 Å². The van der Waals surface area contributed by atoms with Gasteiger partial charge in [0.15, 0.2) is 0 Å². The molecule has 0 amide bonds. The van der Waals surface area contributed by atoms with Crippen molar-refractivity contribution in [2.75, 3.05) is 18.5 Å². The number of fused-ring (bicyclic) bond motifs is 1. The second kappa shape index (κ2) is 6.07. The first kappa shape index (κ1) is 13.9. The molecule has 2 heteroatoms. The van der Waals surface area contributed by atoms with Gasteiger partial charge < -0.3 is 10.4 Å². The van der Waals surface area contributed by atoms with Crippen LogP contribution in [0.25, 0.3) is 10.8 Å². The monoisotopic (exact) mass is 257 g/mol. The highest BCUT2D eigenvalue weighted by atomic mass is 16.3. The number of benzene rings is 2. The van der Waals surface area contributed by atoms with Crippen LogP contribution in [0.4, 0.5) is 5.69 Å². The van der Waals surface area contributed by atoms with E-state index < -0.39 is 0 Å². The summed E-state index contributed by atoms with van der Waals surface area (Å²) in [6.07, 6.45) is 1.97. The van der Waals surface area contributed by atoms with E-state index in [1.807, 2.05) is 0 Å². The second-order valence-corrected chi connectivity index (χ2v) is 5.25. The quantitative estimate of drug-likeness (QED) is 0.818. The Labute approximate surface area is 115 Å². The van der Waals surface area contributed by atoms with Crippen molar-refractivity contribution < 1.29 is 5.11 Å². The standard InChI is InChI=1S/C17H23NO/c1-3-17(4-2,13-19)12-18-16-11-7-9-14-8-5-6-10-15(14)16/h5-11,18-19H,3-4,12-13H2,1-2H3. The zero-order valence-electron chi connectivity index (χ0n) is 11.8. The SMILES string of the molecule is CCC(CC)(CO)CNc1cccc2ccccc12. The van der Waals surface area contributed by atoms with Crippen LogP contribution in [0.1, 0.15) is 26.7 Å². The summed E-state index contributed by atoms with van der Waals surface area (Å²) >= 11 is 0. The van der Waals surface area contributed by atoms with Crippen LogP contribution in [0.5, 0.6) is 0 Å². The number of aliphatic hydroxyl groups excluding tert-OH is 1. The first-order valence-corrected chi connectivity index (χ1v) is 7.07. The highest BCUT2D eigenvalue weighted by molar-refractivity contribution is 5.93. The molecule has 2 aromatic rings. The van der Waals surface area contributed by atoms with Gasteiger partial charge in [-0.1, -0.05) is 50.2 Å². The third kappa shape index (κ3) is 2.90. The van der Waals surface area contributed by atoms with Crippen molar-refractivity contribution in [2.45, 2.75) is 26.7 Å². The largest absolute Gasteiger partial charge is 0.396 e. The molecular formula is C17H23NO. The molecule has 0 saturated heterocycles. The van der Waals surface area contributed by atoms with Crippen LogP contribution in [0.3, 0.4) is 0 Å². The summed E-state index contributed by atoms with van der Waals surface area (Å²) in [5, 5.41) is 15.6. The van der Waals surface area contributed by atoms with Gasteiger partial charge in [0.25, 0.3) is 0 Å². The number of aliphatic hydroxyl groups is 1. The van der Waals surface area contributed by atoms with Gasteiger partial charge in [-0.25, -0.2) is 0 Å². The Morgan fingerprint density at radius 3 is 2.37 bits per heavy atom. The van der Waals surface area contributed by atoms with E-state index in [2.05, 4.69) is 61.6 Å². The fourth-order valence-corrected chi connectivity index (χ4v) is 2.44. The minimum Gasteiger partial charge on any atom is -0.396 e. The molecule has 2 N–H and O–H groups in total. The molecule has 19 heavy (non-hydrogen) atoms. The highest BCUT2D eigenvalue weighted by Crippen LogP contribution is 2.28. The molecule has 0 radical (unpaired) electrons. The maximum Gasteiger partial charge on any atom is 0.0504 e. The molecular weight excluding hydrogens is 234 g/mol. The molecule has 0 aliphatic heterocycles. The molecule has 2 aromatic carbocycles. The minimum atomic E-state index is -0.0169. The van der Waals surface area contributed by atoms with Gasteiger partial charge in [-0.05, 0) is 24.3 Å². The Balaban J connectivity index is 2.22. The number of hydrogen-bond acceptors (Lipinski definition) is 2. The first-order valence-electron chi connectivity index (χ1n) is 7.07. The molecule has 0 heterocycles. The van der Waals surface area contributed by atoms with Crippen molar-refractivity contribution in [1.82, 2.24) is 0 Å². The Morgan fingerprint density at radius 1 is 1.00 bits per heavy atom. The van der Waals surface area contributed by atoms with Crippen molar-refractivity contribution >= 4 is 16.5 Å². The minimum absolute atomic E-state index is 0.0169. The molecule has 0 saturated carbocycles. The van der Waals surface area contributed by atoms with Crippen molar-refractivity contribution in [2.24, 2.45) is 5.41 Å². The average Bonchev–Trinajstić information content (AvgIpc) is 2.49. The van der Waals surface area contributed by atoms with Gasteiger partial charge in [-0.2, -0.15) is 0 Å². The van der Waals surface area contributed by atoms with E-state index in [-0.39, 0.29) is 12.0 Å². The Bertz CT molecular complexity index is 518. The molecule has 0 bridgehead atoms. The molecule has 0 spiro atoms. The molecule has 2 rings (SSSR count). The highest BCUT2D eigenvalue weighted by Gasteiger charge is 2.24. The first-order chi connectivity index (χ1) is 9.24. The lowest BCUT2D eigenvalue weighted by atomic mass is 9.83. The number of hydrogen-bond donors (Lipinski definition) is 2. The molecule has 0 fully saturated rings. The maximum atomic E-state index is 9.63. The van der Waals surface area contributed by atoms with Crippen LogP contribution in [-0.2, 0) is 0 Å². The maximum absolute atomic E-state index is 9.63. The van der Waals surface area contributed by atoms with Gasteiger partial charge in [-0.15, -0.1) is 0 Å². The molecule has 2 nitrogen and oxygen atoms in total. The van der Waals surface area contributed by atoms with Gasteiger partial charge in [0.05, 0.1) is 6.61 Å². The molecule has 0 atom stereocenters. The smallest absolute Gasteiger partial charge is 0.0504 e. The zero-order chi connectivity index (χ0) is 13.7. The van der Waals surface area contributed by atoms with Crippen molar-refractivity contribution in [1.29, 1.82) is 0 Å². The lowest BCUT2D eigenvalue weighted by Crippen LogP contribution is -2.32. The molecule has 0 aliphatic carbocycles. The van der Waals surface area contributed by atoms with Gasteiger partial charge in [0.1, 0.15) is 0 Å². The van der Waals surface area contributed by atoms with Crippen LogP contribution in [0.2, 0.25) is 0 Å². The molecule has 0 aliphatic rings. The van der Waals surface area contributed by atoms with Crippen LogP contribution in [-0.4, -0.2) is 18.3 Å². The summed E-state index contributed by atoms with van der Waals surface area (Å²) in [7, 11) is 0. The summed E-state index contributed by atoms with van der Waals surface area (Å²) in [4.78, 5) is 0. The predicted octanol–water partition coefficient (Wildman–Crippen LogP) is 4.05. The third-order valence-electron chi connectivity index (χ3n) is 4.28. The normalized spacial score (nSPS) is 11.7. The van der Waals surface area contributed by atoms with Crippen LogP contribution >= 0.6 is 0 Å². The third-order valence-corrected chi connectivity index (χ3v) is 4.28. The van der Waals surface area contributed by atoms with Gasteiger partial charge >= 0.3 is 0 Å². The van der Waals surface area contributed by atoms with Crippen LogP contribution in [0, 0.1) is 5.41 Å². The predicted molar refractivity (Wildman–Crippen MR) is 82.5 cm³/mol. The van der Waals surface area contributed by atoms with Crippen LogP contribution < -0.4 is 5.32 Å². The van der Waals surface area contributed by atoms with E-state index in [9.17, 15) is 5.11 Å². The van der Waals surface area contributed by atoms with E-state index in [1.54, 1.807) is 0 Å². The lowest BCUT2D eigenvalue weighted by Gasteiger charge is -2.30. The van der Waals surface area contributed by atoms with Crippen molar-refractivity contribution in [3.8, 4) is 0 Å². The molecule has 0 unspecified atom stereocenters. The molecule has 102 valence electrons. The fourth-order valence-electron chi connectivity index (χ4n) is 2.44. The van der Waals surface area contributed by atoms with Gasteiger partial charge in [0.2, 0.25) is 0 Å². The Kier molecular flexibility index (Phi) is 4.43. The summed E-state index contributed by atoms with van der Waals surface area (Å²) in [5.74, 6) is 0. The molecule has 0 aromatic heterocycles. The summed E-state index contributed by atoms with van der Waals surface area (Å²) < 4.78 is 0. The number of nitrogens with one attached hydrogen (secondary N) is 1. The fraction of sp³-hybridized carbons (Fsp3) is 0.412. The van der Waals surface area contributed by atoms with Gasteiger partial charge in [-0.3, -0.25) is 0 Å². The Hall–Kier alpha value is -1.54. The van der Waals surface area contributed by atoms with Crippen LogP contribution in [0.15, 0.2) is 42.5 Å². The van der Waals surface area contributed by atoms with Crippen molar-refractivity contribution in [3.05, 3.63) is 42.5 Å². The zero-order valence-corrected chi connectivity index (χ0v) is 11.8. The van der Waals surface area contributed by atoms with E-state index in [1.165, 1.54) is 10.8 Å².